The first-order valence-corrected chi connectivity index (χ1v) is 8.91. The summed E-state index contributed by atoms with van der Waals surface area (Å²) in [5, 5.41) is 0. The van der Waals surface area contributed by atoms with Crippen LogP contribution in [0.2, 0.25) is 0 Å². The van der Waals surface area contributed by atoms with Crippen molar-refractivity contribution in [2.75, 3.05) is 10.8 Å². The van der Waals surface area contributed by atoms with Gasteiger partial charge in [0.25, 0.3) is 0 Å². The molecular weight excluding hydrogens is 314 g/mol. The number of hydrogen-bond donors (Lipinski definition) is 0. The van der Waals surface area contributed by atoms with Crippen LogP contribution in [0, 0.1) is 0 Å². The van der Waals surface area contributed by atoms with Gasteiger partial charge in [0.15, 0.2) is 0 Å². The van der Waals surface area contributed by atoms with Gasteiger partial charge >= 0.3 is 0 Å². The number of hydrogen-bond acceptors (Lipinski definition) is 1. The predicted octanol–water partition coefficient (Wildman–Crippen LogP) is 7.18. The summed E-state index contributed by atoms with van der Waals surface area (Å²) in [4.78, 5) is 2.25. The van der Waals surface area contributed by atoms with Gasteiger partial charge in [0.1, 0.15) is 0 Å². The lowest BCUT2D eigenvalue weighted by Gasteiger charge is -2.25. The zero-order valence-corrected chi connectivity index (χ0v) is 14.9. The molecule has 24 heavy (non-hydrogen) atoms. The first kappa shape index (κ1) is 18.1. The van der Waals surface area contributed by atoms with E-state index in [1.54, 1.807) is 0 Å². The molecule has 3 aromatic rings. The van der Waals surface area contributed by atoms with Gasteiger partial charge in [0.2, 0.25) is 0 Å². The van der Waals surface area contributed by atoms with E-state index in [1.807, 2.05) is 18.2 Å². The molecule has 0 amide bonds. The van der Waals surface area contributed by atoms with Crippen LogP contribution < -0.4 is 4.90 Å². The minimum Gasteiger partial charge on any atom is -0.311 e. The van der Waals surface area contributed by atoms with Crippen LogP contribution in [0.3, 0.4) is 0 Å². The second-order valence-corrected chi connectivity index (χ2v) is 5.76. The third-order valence-corrected chi connectivity index (χ3v) is 3.80. The molecule has 0 radical (unpaired) electrons. The topological polar surface area (TPSA) is 3.24 Å². The molecule has 0 aliphatic rings. The molecule has 0 saturated carbocycles. The Morgan fingerprint density at radius 3 is 1.17 bits per heavy atom. The van der Waals surface area contributed by atoms with Crippen LogP contribution >= 0.6 is 11.6 Å². The van der Waals surface area contributed by atoms with E-state index in [0.717, 1.165) is 12.3 Å². The van der Waals surface area contributed by atoms with Crippen LogP contribution in [0.5, 0.6) is 0 Å². The number of anilines is 3. The smallest absolute Gasteiger partial charge is 0.0461 e. The molecule has 0 bridgehead atoms. The molecule has 0 saturated heterocycles. The molecule has 0 spiro atoms. The lowest BCUT2D eigenvalue weighted by Crippen LogP contribution is -2.09. The van der Waals surface area contributed by atoms with Crippen molar-refractivity contribution in [2.45, 2.75) is 19.8 Å². The zero-order valence-electron chi connectivity index (χ0n) is 14.1. The van der Waals surface area contributed by atoms with Gasteiger partial charge in [0.05, 0.1) is 0 Å². The van der Waals surface area contributed by atoms with Crippen LogP contribution in [-0.2, 0) is 0 Å². The number of unbranched alkanes of at least 4 members (excludes halogenated alkanes) is 1. The van der Waals surface area contributed by atoms with Crippen LogP contribution in [0.1, 0.15) is 19.8 Å². The van der Waals surface area contributed by atoms with Crippen molar-refractivity contribution in [1.82, 2.24) is 0 Å². The lowest BCUT2D eigenvalue weighted by atomic mass is 10.2. The van der Waals surface area contributed by atoms with E-state index in [9.17, 15) is 0 Å². The molecule has 0 aromatic heterocycles. The van der Waals surface area contributed by atoms with Gasteiger partial charge in [-0.05, 0) is 42.8 Å². The Balaban J connectivity index is 0.000000368. The number of alkyl halides is 1. The largest absolute Gasteiger partial charge is 0.311 e. The molecule has 0 atom stereocenters. The van der Waals surface area contributed by atoms with Gasteiger partial charge in [0, 0.05) is 22.9 Å². The molecule has 124 valence electrons. The SMILES string of the molecule is CCCCCl.c1ccc(N(c2ccccc2)c2ccccc2)cc1. The summed E-state index contributed by atoms with van der Waals surface area (Å²) < 4.78 is 0. The van der Waals surface area contributed by atoms with E-state index in [2.05, 4.69) is 84.6 Å². The van der Waals surface area contributed by atoms with Gasteiger partial charge < -0.3 is 4.90 Å². The number of rotatable bonds is 5. The molecule has 1 nitrogen and oxygen atoms in total. The maximum Gasteiger partial charge on any atom is 0.0461 e. The fourth-order valence-corrected chi connectivity index (χ4v) is 2.58. The highest BCUT2D eigenvalue weighted by Crippen LogP contribution is 2.33. The van der Waals surface area contributed by atoms with Gasteiger partial charge in [-0.2, -0.15) is 0 Å². The van der Waals surface area contributed by atoms with Gasteiger partial charge in [-0.3, -0.25) is 0 Å². The van der Waals surface area contributed by atoms with Crippen molar-refractivity contribution in [1.29, 1.82) is 0 Å². The van der Waals surface area contributed by atoms with Crippen LogP contribution in [-0.4, -0.2) is 5.88 Å². The average Bonchev–Trinajstić information content (AvgIpc) is 2.66. The third kappa shape index (κ3) is 5.43. The number of nitrogens with zero attached hydrogens (tertiary/aromatic N) is 1. The molecular formula is C22H24ClN. The van der Waals surface area contributed by atoms with E-state index in [1.165, 1.54) is 23.5 Å². The minimum absolute atomic E-state index is 0.816. The van der Waals surface area contributed by atoms with Crippen molar-refractivity contribution in [3.8, 4) is 0 Å². The van der Waals surface area contributed by atoms with Crippen molar-refractivity contribution in [3.63, 3.8) is 0 Å². The fourth-order valence-electron chi connectivity index (χ4n) is 2.31. The normalized spacial score (nSPS) is 9.75. The quantitative estimate of drug-likeness (QED) is 0.445. The van der Waals surface area contributed by atoms with E-state index >= 15 is 0 Å². The molecule has 3 aromatic carbocycles. The number of para-hydroxylation sites is 3. The Morgan fingerprint density at radius 2 is 0.958 bits per heavy atom. The van der Waals surface area contributed by atoms with Crippen LogP contribution in [0.4, 0.5) is 17.1 Å². The predicted molar refractivity (Wildman–Crippen MR) is 107 cm³/mol. The summed E-state index contributed by atoms with van der Waals surface area (Å²) >= 11 is 5.30. The maximum absolute atomic E-state index is 5.30. The monoisotopic (exact) mass is 337 g/mol. The van der Waals surface area contributed by atoms with Crippen LogP contribution in [0.25, 0.3) is 0 Å². The van der Waals surface area contributed by atoms with Crippen molar-refractivity contribution < 1.29 is 0 Å². The second-order valence-electron chi connectivity index (χ2n) is 5.38. The Kier molecular flexibility index (Phi) is 7.92. The molecule has 0 fully saturated rings. The highest BCUT2D eigenvalue weighted by Gasteiger charge is 2.10. The van der Waals surface area contributed by atoms with Crippen LogP contribution in [0.15, 0.2) is 91.0 Å². The fraction of sp³-hybridized carbons (Fsp3) is 0.182. The average molecular weight is 338 g/mol. The van der Waals surface area contributed by atoms with E-state index < -0.39 is 0 Å². The van der Waals surface area contributed by atoms with E-state index in [4.69, 9.17) is 11.6 Å². The molecule has 0 N–H and O–H groups in total. The van der Waals surface area contributed by atoms with Gasteiger partial charge in [-0.25, -0.2) is 0 Å². The summed E-state index contributed by atoms with van der Waals surface area (Å²) in [7, 11) is 0. The first-order valence-electron chi connectivity index (χ1n) is 8.38. The Hall–Kier alpha value is -2.25. The Bertz CT molecular complexity index is 572. The van der Waals surface area contributed by atoms with E-state index in [-0.39, 0.29) is 0 Å². The first-order chi connectivity index (χ1) is 11.9. The maximum atomic E-state index is 5.30. The zero-order chi connectivity index (χ0) is 17.0. The minimum atomic E-state index is 0.816. The summed E-state index contributed by atoms with van der Waals surface area (Å²) in [6.07, 6.45) is 2.37. The molecule has 0 heterocycles. The number of halogens is 1. The molecule has 2 heteroatoms. The standard InChI is InChI=1S/C18H15N.C4H9Cl/c1-4-10-16(11-5-1)19(17-12-6-2-7-13-17)18-14-8-3-9-15-18;1-2-3-4-5/h1-15H;2-4H2,1H3. The molecule has 0 aliphatic heterocycles. The molecule has 3 rings (SSSR count). The number of benzene rings is 3. The highest BCUT2D eigenvalue weighted by atomic mass is 35.5. The highest BCUT2D eigenvalue weighted by molar-refractivity contribution is 6.17. The Morgan fingerprint density at radius 1 is 0.625 bits per heavy atom. The Labute approximate surface area is 150 Å². The summed E-state index contributed by atoms with van der Waals surface area (Å²) in [6.45, 7) is 2.13. The van der Waals surface area contributed by atoms with Gasteiger partial charge in [-0.15, -0.1) is 11.6 Å². The lowest BCUT2D eigenvalue weighted by molar-refractivity contribution is 0.892. The van der Waals surface area contributed by atoms with E-state index in [0.29, 0.717) is 0 Å². The summed E-state index contributed by atoms with van der Waals surface area (Å²) in [5.41, 5.74) is 3.50. The van der Waals surface area contributed by atoms with Gasteiger partial charge in [-0.1, -0.05) is 67.9 Å². The third-order valence-electron chi connectivity index (χ3n) is 3.53. The molecule has 0 aliphatic carbocycles. The summed E-state index contributed by atoms with van der Waals surface area (Å²) in [5.74, 6) is 0.816. The van der Waals surface area contributed by atoms with Crippen molar-refractivity contribution in [2.24, 2.45) is 0 Å². The second kappa shape index (κ2) is 10.5. The summed E-state index contributed by atoms with van der Waals surface area (Å²) in [6, 6.07) is 31.3. The van der Waals surface area contributed by atoms with Crippen molar-refractivity contribution in [3.05, 3.63) is 91.0 Å². The molecule has 0 unspecified atom stereocenters. The van der Waals surface area contributed by atoms with Crippen molar-refractivity contribution >= 4 is 28.7 Å².